The highest BCUT2D eigenvalue weighted by molar-refractivity contribution is 5.70. The van der Waals surface area contributed by atoms with Crippen LogP contribution in [0.15, 0.2) is 22.8 Å². The van der Waals surface area contributed by atoms with Gasteiger partial charge in [0.05, 0.1) is 18.8 Å². The van der Waals surface area contributed by atoms with Gasteiger partial charge in [0.15, 0.2) is 6.10 Å². The lowest BCUT2D eigenvalue weighted by molar-refractivity contribution is -0.151. The lowest BCUT2D eigenvalue weighted by Gasteiger charge is -2.11. The minimum Gasteiger partial charge on any atom is -0.465 e. The number of aliphatic hydroxyl groups excluding tert-OH is 1. The quantitative estimate of drug-likeness (QED) is 0.747. The van der Waals surface area contributed by atoms with Crippen LogP contribution in [-0.4, -0.2) is 17.2 Å². The van der Waals surface area contributed by atoms with E-state index in [-0.39, 0.29) is 6.42 Å². The minimum atomic E-state index is -0.675. The first-order valence-electron chi connectivity index (χ1n) is 4.50. The summed E-state index contributed by atoms with van der Waals surface area (Å²) in [6.07, 6.45) is 0.446. The van der Waals surface area contributed by atoms with Gasteiger partial charge in [0.25, 0.3) is 0 Å². The summed E-state index contributed by atoms with van der Waals surface area (Å²) in [7, 11) is 0. The van der Waals surface area contributed by atoms with E-state index in [0.717, 1.165) is 0 Å². The molecule has 0 aliphatic carbocycles. The predicted octanol–water partition coefficient (Wildman–Crippen LogP) is 1.65. The molecule has 0 unspecified atom stereocenters. The number of furan rings is 1. The van der Waals surface area contributed by atoms with Gasteiger partial charge in [-0.3, -0.25) is 4.79 Å². The van der Waals surface area contributed by atoms with Crippen LogP contribution in [-0.2, 0) is 9.53 Å². The van der Waals surface area contributed by atoms with Crippen LogP contribution in [0.4, 0.5) is 0 Å². The SMILES string of the molecule is C[C@H](O)CC(=O)O[C@@H](C)c1ccco1. The Morgan fingerprint density at radius 2 is 2.36 bits per heavy atom. The normalized spacial score (nSPS) is 14.8. The van der Waals surface area contributed by atoms with E-state index < -0.39 is 18.2 Å². The molecule has 1 heterocycles. The number of aliphatic hydroxyl groups is 1. The summed E-state index contributed by atoms with van der Waals surface area (Å²) >= 11 is 0. The van der Waals surface area contributed by atoms with E-state index in [1.54, 1.807) is 26.0 Å². The molecule has 14 heavy (non-hydrogen) atoms. The number of esters is 1. The Bertz CT molecular complexity index is 276. The van der Waals surface area contributed by atoms with Crippen LogP contribution in [0.25, 0.3) is 0 Å². The molecule has 0 bridgehead atoms. The lowest BCUT2D eigenvalue weighted by Crippen LogP contribution is -2.14. The lowest BCUT2D eigenvalue weighted by atomic mass is 10.3. The summed E-state index contributed by atoms with van der Waals surface area (Å²) in [6.45, 7) is 3.26. The minimum absolute atomic E-state index is 0.00501. The molecule has 0 fully saturated rings. The molecule has 0 aliphatic heterocycles. The van der Waals surface area contributed by atoms with E-state index in [9.17, 15) is 4.79 Å². The number of rotatable bonds is 4. The van der Waals surface area contributed by atoms with Crippen LogP contribution in [0, 0.1) is 0 Å². The molecule has 2 atom stereocenters. The maximum absolute atomic E-state index is 11.1. The molecule has 0 radical (unpaired) electrons. The molecule has 1 rings (SSSR count). The molecule has 78 valence electrons. The fraction of sp³-hybridized carbons (Fsp3) is 0.500. The van der Waals surface area contributed by atoms with E-state index in [1.807, 2.05) is 0 Å². The number of hydrogen-bond acceptors (Lipinski definition) is 4. The molecular weight excluding hydrogens is 184 g/mol. The second-order valence-corrected chi connectivity index (χ2v) is 3.20. The van der Waals surface area contributed by atoms with E-state index in [1.165, 1.54) is 6.26 Å². The van der Waals surface area contributed by atoms with Crippen molar-refractivity contribution in [1.29, 1.82) is 0 Å². The van der Waals surface area contributed by atoms with Gasteiger partial charge < -0.3 is 14.3 Å². The monoisotopic (exact) mass is 198 g/mol. The average molecular weight is 198 g/mol. The highest BCUT2D eigenvalue weighted by Crippen LogP contribution is 2.17. The summed E-state index contributed by atoms with van der Waals surface area (Å²) in [5, 5.41) is 8.94. The van der Waals surface area contributed by atoms with Crippen molar-refractivity contribution in [3.05, 3.63) is 24.2 Å². The van der Waals surface area contributed by atoms with Gasteiger partial charge in [0.1, 0.15) is 5.76 Å². The van der Waals surface area contributed by atoms with Crippen molar-refractivity contribution in [3.63, 3.8) is 0 Å². The van der Waals surface area contributed by atoms with E-state index >= 15 is 0 Å². The molecule has 1 N–H and O–H groups in total. The summed E-state index contributed by atoms with van der Waals surface area (Å²) in [5.41, 5.74) is 0. The van der Waals surface area contributed by atoms with Gasteiger partial charge in [-0.05, 0) is 26.0 Å². The molecule has 0 amide bonds. The van der Waals surface area contributed by atoms with Gasteiger partial charge in [0.2, 0.25) is 0 Å². The van der Waals surface area contributed by atoms with Crippen LogP contribution in [0.5, 0.6) is 0 Å². The molecule has 0 aliphatic rings. The van der Waals surface area contributed by atoms with Crippen LogP contribution in [0.3, 0.4) is 0 Å². The zero-order chi connectivity index (χ0) is 10.6. The molecule has 0 spiro atoms. The van der Waals surface area contributed by atoms with E-state index in [4.69, 9.17) is 14.3 Å². The molecule has 1 aromatic rings. The third-order valence-electron chi connectivity index (χ3n) is 1.71. The highest BCUT2D eigenvalue weighted by Gasteiger charge is 2.15. The Kier molecular flexibility index (Phi) is 3.71. The van der Waals surface area contributed by atoms with Crippen LogP contribution in [0.2, 0.25) is 0 Å². The van der Waals surface area contributed by atoms with Gasteiger partial charge in [-0.15, -0.1) is 0 Å². The summed E-state index contributed by atoms with van der Waals surface area (Å²) in [5.74, 6) is 0.174. The van der Waals surface area contributed by atoms with Gasteiger partial charge in [-0.25, -0.2) is 0 Å². The van der Waals surface area contributed by atoms with Crippen LogP contribution in [0.1, 0.15) is 32.1 Å². The van der Waals surface area contributed by atoms with Crippen molar-refractivity contribution in [2.24, 2.45) is 0 Å². The summed E-state index contributed by atoms with van der Waals surface area (Å²) < 4.78 is 10.1. The Morgan fingerprint density at radius 1 is 1.64 bits per heavy atom. The maximum Gasteiger partial charge on any atom is 0.309 e. The Balaban J connectivity index is 2.41. The molecule has 1 aromatic heterocycles. The van der Waals surface area contributed by atoms with E-state index in [0.29, 0.717) is 5.76 Å². The number of hydrogen-bond donors (Lipinski definition) is 1. The third kappa shape index (κ3) is 3.22. The first kappa shape index (κ1) is 10.8. The van der Waals surface area contributed by atoms with Gasteiger partial charge in [0, 0.05) is 0 Å². The maximum atomic E-state index is 11.1. The fourth-order valence-corrected chi connectivity index (χ4v) is 1.07. The number of ether oxygens (including phenoxy) is 1. The second kappa shape index (κ2) is 4.81. The van der Waals surface area contributed by atoms with Crippen LogP contribution < -0.4 is 0 Å². The van der Waals surface area contributed by atoms with Crippen molar-refractivity contribution >= 4 is 5.97 Å². The van der Waals surface area contributed by atoms with Crippen LogP contribution >= 0.6 is 0 Å². The highest BCUT2D eigenvalue weighted by atomic mass is 16.6. The van der Waals surface area contributed by atoms with Crippen molar-refractivity contribution in [3.8, 4) is 0 Å². The van der Waals surface area contributed by atoms with E-state index in [2.05, 4.69) is 0 Å². The number of carbonyl (C=O) groups excluding carboxylic acids is 1. The molecule has 4 nitrogen and oxygen atoms in total. The molecule has 0 saturated carbocycles. The van der Waals surface area contributed by atoms with Gasteiger partial charge >= 0.3 is 5.97 Å². The summed E-state index contributed by atoms with van der Waals surface area (Å²) in [6, 6.07) is 3.47. The molecule has 0 aromatic carbocycles. The topological polar surface area (TPSA) is 59.7 Å². The largest absolute Gasteiger partial charge is 0.465 e. The first-order valence-corrected chi connectivity index (χ1v) is 4.50. The smallest absolute Gasteiger partial charge is 0.309 e. The van der Waals surface area contributed by atoms with Gasteiger partial charge in [-0.1, -0.05) is 0 Å². The molecule has 4 heteroatoms. The van der Waals surface area contributed by atoms with Gasteiger partial charge in [-0.2, -0.15) is 0 Å². The average Bonchev–Trinajstić information content (AvgIpc) is 2.53. The van der Waals surface area contributed by atoms with Crippen molar-refractivity contribution in [1.82, 2.24) is 0 Å². The fourth-order valence-electron chi connectivity index (χ4n) is 1.07. The van der Waals surface area contributed by atoms with Crippen molar-refractivity contribution < 1.29 is 19.1 Å². The standard InChI is InChI=1S/C10H14O4/c1-7(11)6-10(12)14-8(2)9-4-3-5-13-9/h3-5,7-8,11H,6H2,1-2H3/t7-,8-/m0/s1. The second-order valence-electron chi connectivity index (χ2n) is 3.20. The molecule has 0 saturated heterocycles. The van der Waals surface area contributed by atoms with Crippen molar-refractivity contribution in [2.75, 3.05) is 0 Å². The third-order valence-corrected chi connectivity index (χ3v) is 1.71. The zero-order valence-corrected chi connectivity index (χ0v) is 8.27. The Labute approximate surface area is 82.5 Å². The Morgan fingerprint density at radius 3 is 2.86 bits per heavy atom. The zero-order valence-electron chi connectivity index (χ0n) is 8.27. The Hall–Kier alpha value is -1.29. The first-order chi connectivity index (χ1) is 6.59. The number of carbonyl (C=O) groups is 1. The van der Waals surface area contributed by atoms with Crippen molar-refractivity contribution in [2.45, 2.75) is 32.5 Å². The predicted molar refractivity (Wildman–Crippen MR) is 49.5 cm³/mol. The summed E-state index contributed by atoms with van der Waals surface area (Å²) in [4.78, 5) is 11.1. The molecular formula is C10H14O4.